The van der Waals surface area contributed by atoms with E-state index in [1.807, 2.05) is 47.4 Å². The first-order chi connectivity index (χ1) is 12.8. The molecule has 0 radical (unpaired) electrons. The van der Waals surface area contributed by atoms with Gasteiger partial charge in [0.15, 0.2) is 0 Å². The molecule has 2 aromatic carbocycles. The van der Waals surface area contributed by atoms with Crippen LogP contribution in [-0.2, 0) is 4.74 Å². The number of amides is 1. The van der Waals surface area contributed by atoms with E-state index in [0.717, 1.165) is 62.6 Å². The lowest BCUT2D eigenvalue weighted by Crippen LogP contribution is -3.14. The third-order valence-electron chi connectivity index (χ3n) is 5.27. The molecule has 0 spiro atoms. The standard InChI is InChI=1S/C21H25N3O2/c25-21-18-9-4-5-10-19(18)22-20(17-7-2-1-3-8-17)24(21)12-6-11-23-13-15-26-16-14-23/h1-5,7-10,20,22H,6,11-16H2/p+1/t20-/m1/s1. The lowest BCUT2D eigenvalue weighted by molar-refractivity contribution is -0.908. The number of hydrogen-bond donors (Lipinski definition) is 2. The van der Waals surface area contributed by atoms with Crippen molar-refractivity contribution in [2.75, 3.05) is 44.7 Å². The van der Waals surface area contributed by atoms with Gasteiger partial charge in [0.25, 0.3) is 5.91 Å². The SMILES string of the molecule is O=C1c2ccccc2N[C@@H](c2ccccc2)N1CCC[NH+]1CCOCC1. The van der Waals surface area contributed by atoms with Gasteiger partial charge in [-0.25, -0.2) is 0 Å². The number of carbonyl (C=O) groups is 1. The maximum Gasteiger partial charge on any atom is 0.257 e. The molecule has 2 heterocycles. The molecule has 1 amide bonds. The number of para-hydroxylation sites is 1. The second-order valence-electron chi connectivity index (χ2n) is 6.97. The van der Waals surface area contributed by atoms with Crippen molar-refractivity contribution < 1.29 is 14.4 Å². The Morgan fingerprint density at radius 1 is 1.04 bits per heavy atom. The molecule has 0 bridgehead atoms. The van der Waals surface area contributed by atoms with Crippen LogP contribution < -0.4 is 10.2 Å². The van der Waals surface area contributed by atoms with E-state index in [1.165, 1.54) is 0 Å². The summed E-state index contributed by atoms with van der Waals surface area (Å²) in [4.78, 5) is 16.7. The van der Waals surface area contributed by atoms with Crippen molar-refractivity contribution >= 4 is 11.6 Å². The minimum Gasteiger partial charge on any atom is -0.370 e. The van der Waals surface area contributed by atoms with E-state index in [2.05, 4.69) is 17.4 Å². The molecule has 136 valence electrons. The zero-order valence-corrected chi connectivity index (χ0v) is 15.0. The van der Waals surface area contributed by atoms with Gasteiger partial charge in [-0.05, 0) is 17.7 Å². The van der Waals surface area contributed by atoms with Crippen LogP contribution in [0.2, 0.25) is 0 Å². The maximum absolute atomic E-state index is 13.1. The lowest BCUT2D eigenvalue weighted by Gasteiger charge is -2.38. The summed E-state index contributed by atoms with van der Waals surface area (Å²) in [7, 11) is 0. The van der Waals surface area contributed by atoms with Crippen LogP contribution in [0.3, 0.4) is 0 Å². The summed E-state index contributed by atoms with van der Waals surface area (Å²) in [5, 5.41) is 3.56. The van der Waals surface area contributed by atoms with Gasteiger partial charge in [-0.3, -0.25) is 4.79 Å². The summed E-state index contributed by atoms with van der Waals surface area (Å²) in [6.07, 6.45) is 0.882. The highest BCUT2D eigenvalue weighted by Crippen LogP contribution is 2.32. The van der Waals surface area contributed by atoms with Crippen LogP contribution in [-0.4, -0.2) is 50.2 Å². The van der Waals surface area contributed by atoms with E-state index >= 15 is 0 Å². The molecule has 26 heavy (non-hydrogen) atoms. The van der Waals surface area contributed by atoms with Gasteiger partial charge < -0.3 is 19.9 Å². The quantitative estimate of drug-likeness (QED) is 0.858. The van der Waals surface area contributed by atoms with Crippen LogP contribution >= 0.6 is 0 Å². The maximum atomic E-state index is 13.1. The van der Waals surface area contributed by atoms with Crippen molar-refractivity contribution in [1.82, 2.24) is 4.90 Å². The molecule has 0 aromatic heterocycles. The van der Waals surface area contributed by atoms with E-state index in [1.54, 1.807) is 4.90 Å². The molecule has 2 aromatic rings. The number of hydrogen-bond acceptors (Lipinski definition) is 3. The van der Waals surface area contributed by atoms with Gasteiger partial charge >= 0.3 is 0 Å². The predicted octanol–water partition coefficient (Wildman–Crippen LogP) is 1.56. The summed E-state index contributed by atoms with van der Waals surface area (Å²) >= 11 is 0. The third-order valence-corrected chi connectivity index (χ3v) is 5.27. The minimum atomic E-state index is -0.113. The van der Waals surface area contributed by atoms with Crippen molar-refractivity contribution in [2.45, 2.75) is 12.6 Å². The van der Waals surface area contributed by atoms with Crippen molar-refractivity contribution in [2.24, 2.45) is 0 Å². The van der Waals surface area contributed by atoms with E-state index in [9.17, 15) is 4.79 Å². The number of nitrogens with one attached hydrogen (secondary N) is 2. The Bertz CT molecular complexity index is 744. The number of anilines is 1. The first-order valence-corrected chi connectivity index (χ1v) is 9.46. The monoisotopic (exact) mass is 352 g/mol. The van der Waals surface area contributed by atoms with Crippen LogP contribution in [0, 0.1) is 0 Å². The van der Waals surface area contributed by atoms with E-state index in [0.29, 0.717) is 0 Å². The normalized spacial score (nSPS) is 20.5. The average molecular weight is 352 g/mol. The highest BCUT2D eigenvalue weighted by Gasteiger charge is 2.32. The van der Waals surface area contributed by atoms with Gasteiger partial charge in [-0.1, -0.05) is 42.5 Å². The van der Waals surface area contributed by atoms with E-state index in [4.69, 9.17) is 4.74 Å². The molecule has 5 heteroatoms. The molecule has 2 aliphatic rings. The van der Waals surface area contributed by atoms with Crippen molar-refractivity contribution in [3.63, 3.8) is 0 Å². The number of carbonyl (C=O) groups excluding carboxylic acids is 1. The number of morpholine rings is 1. The fraction of sp³-hybridized carbons (Fsp3) is 0.381. The molecule has 1 atom stereocenters. The Labute approximate surface area is 154 Å². The first-order valence-electron chi connectivity index (χ1n) is 9.46. The van der Waals surface area contributed by atoms with Crippen LogP contribution in [0.1, 0.15) is 28.5 Å². The number of benzene rings is 2. The van der Waals surface area contributed by atoms with Crippen LogP contribution in [0.15, 0.2) is 54.6 Å². The van der Waals surface area contributed by atoms with Crippen LogP contribution in [0.25, 0.3) is 0 Å². The largest absolute Gasteiger partial charge is 0.370 e. The number of ether oxygens (including phenoxy) is 1. The Morgan fingerprint density at radius 2 is 1.77 bits per heavy atom. The molecule has 2 N–H and O–H groups in total. The molecule has 1 saturated heterocycles. The fourth-order valence-electron chi connectivity index (χ4n) is 3.83. The highest BCUT2D eigenvalue weighted by atomic mass is 16.5. The number of fused-ring (bicyclic) bond motifs is 1. The van der Waals surface area contributed by atoms with Crippen molar-refractivity contribution in [3.8, 4) is 0 Å². The fourth-order valence-corrected chi connectivity index (χ4v) is 3.83. The van der Waals surface area contributed by atoms with Crippen LogP contribution in [0.5, 0.6) is 0 Å². The zero-order chi connectivity index (χ0) is 17.8. The summed E-state index contributed by atoms with van der Waals surface area (Å²) in [5.74, 6) is 0.116. The number of quaternary nitrogens is 1. The summed E-state index contributed by atoms with van der Waals surface area (Å²) in [6, 6.07) is 18.0. The van der Waals surface area contributed by atoms with E-state index in [-0.39, 0.29) is 12.1 Å². The Morgan fingerprint density at radius 3 is 2.58 bits per heavy atom. The molecular formula is C21H26N3O2+. The second kappa shape index (κ2) is 7.89. The van der Waals surface area contributed by atoms with Crippen molar-refractivity contribution in [1.29, 1.82) is 0 Å². The second-order valence-corrected chi connectivity index (χ2v) is 6.97. The summed E-state index contributed by atoms with van der Waals surface area (Å²) in [5.41, 5.74) is 2.80. The predicted molar refractivity (Wildman–Crippen MR) is 101 cm³/mol. The molecule has 5 nitrogen and oxygen atoms in total. The topological polar surface area (TPSA) is 46.0 Å². The van der Waals surface area contributed by atoms with Crippen LogP contribution in [0.4, 0.5) is 5.69 Å². The molecule has 0 unspecified atom stereocenters. The number of rotatable bonds is 5. The summed E-state index contributed by atoms with van der Waals surface area (Å²) < 4.78 is 5.43. The van der Waals surface area contributed by atoms with E-state index < -0.39 is 0 Å². The molecular weight excluding hydrogens is 326 g/mol. The molecule has 2 aliphatic heterocycles. The third kappa shape index (κ3) is 3.59. The Kier molecular flexibility index (Phi) is 5.18. The molecule has 0 saturated carbocycles. The summed E-state index contributed by atoms with van der Waals surface area (Å²) in [6.45, 7) is 5.66. The van der Waals surface area contributed by atoms with Crippen molar-refractivity contribution in [3.05, 3.63) is 65.7 Å². The minimum absolute atomic E-state index is 0.113. The highest BCUT2D eigenvalue weighted by molar-refractivity contribution is 6.01. The lowest BCUT2D eigenvalue weighted by atomic mass is 10.0. The molecule has 1 fully saturated rings. The first kappa shape index (κ1) is 17.1. The average Bonchev–Trinajstić information content (AvgIpc) is 2.71. The zero-order valence-electron chi connectivity index (χ0n) is 15.0. The number of nitrogens with zero attached hydrogens (tertiary/aromatic N) is 1. The Balaban J connectivity index is 1.51. The van der Waals surface area contributed by atoms with Gasteiger partial charge in [0.1, 0.15) is 19.3 Å². The van der Waals surface area contributed by atoms with Gasteiger partial charge in [-0.2, -0.15) is 0 Å². The molecule has 4 rings (SSSR count). The van der Waals surface area contributed by atoms with Gasteiger partial charge in [0.05, 0.1) is 25.3 Å². The smallest absolute Gasteiger partial charge is 0.257 e. The molecule has 0 aliphatic carbocycles. The van der Waals surface area contributed by atoms with Gasteiger partial charge in [0, 0.05) is 18.7 Å². The van der Waals surface area contributed by atoms with Gasteiger partial charge in [0.2, 0.25) is 0 Å². The Hall–Kier alpha value is -2.37. The van der Waals surface area contributed by atoms with Gasteiger partial charge in [-0.15, -0.1) is 0 Å².